The summed E-state index contributed by atoms with van der Waals surface area (Å²) < 4.78 is 5.19. The minimum absolute atomic E-state index is 0.333. The second-order valence-electron chi connectivity index (χ2n) is 4.15. The number of hydrogen-bond acceptors (Lipinski definition) is 3. The molecule has 0 bridgehead atoms. The van der Waals surface area contributed by atoms with Crippen molar-refractivity contribution in [2.75, 3.05) is 30.9 Å². The van der Waals surface area contributed by atoms with Gasteiger partial charge in [0.15, 0.2) is 0 Å². The Bertz CT molecular complexity index is 339. The Balaban J connectivity index is 2.94. The quantitative estimate of drug-likeness (QED) is 0.778. The smallest absolute Gasteiger partial charge is 0.0663 e. The van der Waals surface area contributed by atoms with Crippen molar-refractivity contribution in [3.63, 3.8) is 0 Å². The van der Waals surface area contributed by atoms with Crippen molar-refractivity contribution in [2.24, 2.45) is 0 Å². The summed E-state index contributed by atoms with van der Waals surface area (Å²) in [6.45, 7) is 7.96. The lowest BCUT2D eigenvalue weighted by molar-refractivity contribution is 0.182. The second-order valence-corrected chi connectivity index (χ2v) is 4.15. The maximum absolute atomic E-state index is 6.05. The maximum Gasteiger partial charge on any atom is 0.0663 e. The molecule has 0 aliphatic rings. The SMILES string of the molecule is CCN(c1ccc(C)cc1N)C(C)COC. The topological polar surface area (TPSA) is 38.5 Å². The zero-order valence-electron chi connectivity index (χ0n) is 10.7. The molecule has 1 aromatic rings. The first kappa shape index (κ1) is 12.8. The molecule has 0 radical (unpaired) electrons. The molecule has 1 rings (SSSR count). The molecule has 3 nitrogen and oxygen atoms in total. The van der Waals surface area contributed by atoms with Crippen LogP contribution in [0, 0.1) is 6.92 Å². The van der Waals surface area contributed by atoms with Crippen LogP contribution in [0.1, 0.15) is 19.4 Å². The highest BCUT2D eigenvalue weighted by molar-refractivity contribution is 5.68. The largest absolute Gasteiger partial charge is 0.397 e. The first-order valence-electron chi connectivity index (χ1n) is 5.71. The van der Waals surface area contributed by atoms with Crippen molar-refractivity contribution in [3.05, 3.63) is 23.8 Å². The van der Waals surface area contributed by atoms with Gasteiger partial charge in [0.2, 0.25) is 0 Å². The van der Waals surface area contributed by atoms with E-state index in [1.54, 1.807) is 7.11 Å². The Morgan fingerprint density at radius 3 is 2.62 bits per heavy atom. The van der Waals surface area contributed by atoms with Gasteiger partial charge in [0, 0.05) is 19.7 Å². The Hall–Kier alpha value is -1.22. The van der Waals surface area contributed by atoms with Gasteiger partial charge in [0.25, 0.3) is 0 Å². The van der Waals surface area contributed by atoms with Gasteiger partial charge >= 0.3 is 0 Å². The second kappa shape index (κ2) is 5.75. The van der Waals surface area contributed by atoms with E-state index in [1.165, 1.54) is 5.56 Å². The lowest BCUT2D eigenvalue weighted by atomic mass is 10.1. The Morgan fingerprint density at radius 1 is 1.44 bits per heavy atom. The third-order valence-corrected chi connectivity index (χ3v) is 2.77. The summed E-state index contributed by atoms with van der Waals surface area (Å²) in [6.07, 6.45) is 0. The average molecular weight is 222 g/mol. The number of rotatable bonds is 5. The van der Waals surface area contributed by atoms with Crippen LogP contribution in [0.25, 0.3) is 0 Å². The summed E-state index contributed by atoms with van der Waals surface area (Å²) in [5, 5.41) is 0. The van der Waals surface area contributed by atoms with Crippen LogP contribution in [0.3, 0.4) is 0 Å². The third-order valence-electron chi connectivity index (χ3n) is 2.77. The molecule has 0 aromatic heterocycles. The van der Waals surface area contributed by atoms with Crippen LogP contribution >= 0.6 is 0 Å². The zero-order valence-corrected chi connectivity index (χ0v) is 10.7. The van der Waals surface area contributed by atoms with E-state index in [9.17, 15) is 0 Å². The molecule has 0 saturated heterocycles. The molecule has 1 unspecified atom stereocenters. The summed E-state index contributed by atoms with van der Waals surface area (Å²) in [4.78, 5) is 2.26. The average Bonchev–Trinajstić information content (AvgIpc) is 2.22. The predicted molar refractivity (Wildman–Crippen MR) is 69.9 cm³/mol. The number of aryl methyl sites for hydroxylation is 1. The minimum atomic E-state index is 0.333. The van der Waals surface area contributed by atoms with Crippen LogP contribution in [0.15, 0.2) is 18.2 Å². The van der Waals surface area contributed by atoms with E-state index in [-0.39, 0.29) is 0 Å². The number of hydrogen-bond donors (Lipinski definition) is 1. The lowest BCUT2D eigenvalue weighted by Crippen LogP contribution is -2.36. The van der Waals surface area contributed by atoms with Crippen molar-refractivity contribution < 1.29 is 4.74 Å². The van der Waals surface area contributed by atoms with Gasteiger partial charge in [-0.25, -0.2) is 0 Å². The van der Waals surface area contributed by atoms with E-state index < -0.39 is 0 Å². The molecule has 0 aliphatic carbocycles. The van der Waals surface area contributed by atoms with Gasteiger partial charge in [-0.1, -0.05) is 6.07 Å². The number of ether oxygens (including phenoxy) is 1. The molecule has 90 valence electrons. The van der Waals surface area contributed by atoms with Crippen LogP contribution in [0.4, 0.5) is 11.4 Å². The standard InChI is InChI=1S/C13H22N2O/c1-5-15(11(3)9-16-4)13-7-6-10(2)8-12(13)14/h6-8,11H,5,9,14H2,1-4H3. The van der Waals surface area contributed by atoms with Crippen LogP contribution in [-0.2, 0) is 4.74 Å². The van der Waals surface area contributed by atoms with E-state index >= 15 is 0 Å². The van der Waals surface area contributed by atoms with Crippen molar-refractivity contribution in [1.29, 1.82) is 0 Å². The van der Waals surface area contributed by atoms with Gasteiger partial charge < -0.3 is 15.4 Å². The molecular weight excluding hydrogens is 200 g/mol. The number of nitrogens with two attached hydrogens (primary N) is 1. The Morgan fingerprint density at radius 2 is 2.12 bits per heavy atom. The van der Waals surface area contributed by atoms with Gasteiger partial charge in [-0.3, -0.25) is 0 Å². The number of likely N-dealkylation sites (N-methyl/N-ethyl adjacent to an activating group) is 1. The summed E-state index contributed by atoms with van der Waals surface area (Å²) in [5.74, 6) is 0. The molecule has 0 fully saturated rings. The molecule has 0 amide bonds. The van der Waals surface area contributed by atoms with Gasteiger partial charge in [-0.2, -0.15) is 0 Å². The van der Waals surface area contributed by atoms with Crippen molar-refractivity contribution in [3.8, 4) is 0 Å². The number of anilines is 2. The van der Waals surface area contributed by atoms with E-state index in [0.29, 0.717) is 12.6 Å². The molecule has 1 aromatic carbocycles. The first-order valence-corrected chi connectivity index (χ1v) is 5.71. The summed E-state index contributed by atoms with van der Waals surface area (Å²) >= 11 is 0. The number of nitrogen functional groups attached to an aromatic ring is 1. The minimum Gasteiger partial charge on any atom is -0.397 e. The van der Waals surface area contributed by atoms with Crippen LogP contribution < -0.4 is 10.6 Å². The fourth-order valence-corrected chi connectivity index (χ4v) is 1.99. The molecule has 0 heterocycles. The lowest BCUT2D eigenvalue weighted by Gasteiger charge is -2.30. The molecule has 16 heavy (non-hydrogen) atoms. The van der Waals surface area contributed by atoms with Gasteiger partial charge in [-0.15, -0.1) is 0 Å². The summed E-state index contributed by atoms with van der Waals surface area (Å²) in [6, 6.07) is 6.52. The van der Waals surface area contributed by atoms with Gasteiger partial charge in [0.05, 0.1) is 18.0 Å². The highest BCUT2D eigenvalue weighted by Gasteiger charge is 2.14. The molecular formula is C13H22N2O. The Kier molecular flexibility index (Phi) is 4.62. The molecule has 0 spiro atoms. The van der Waals surface area contributed by atoms with Gasteiger partial charge in [-0.05, 0) is 38.5 Å². The molecule has 0 saturated carbocycles. The van der Waals surface area contributed by atoms with Gasteiger partial charge in [0.1, 0.15) is 0 Å². The van der Waals surface area contributed by atoms with E-state index in [4.69, 9.17) is 10.5 Å². The van der Waals surface area contributed by atoms with Crippen LogP contribution in [-0.4, -0.2) is 26.3 Å². The molecule has 1 atom stereocenters. The number of nitrogens with zero attached hydrogens (tertiary/aromatic N) is 1. The Labute approximate surface area is 98.2 Å². The number of benzene rings is 1. The maximum atomic E-state index is 6.05. The zero-order chi connectivity index (χ0) is 12.1. The van der Waals surface area contributed by atoms with Crippen LogP contribution in [0.5, 0.6) is 0 Å². The van der Waals surface area contributed by atoms with E-state index in [2.05, 4.69) is 37.8 Å². The molecule has 0 aliphatic heterocycles. The predicted octanol–water partition coefficient (Wildman–Crippen LogP) is 2.44. The first-order chi connectivity index (χ1) is 7.60. The molecule has 3 heteroatoms. The van der Waals surface area contributed by atoms with Crippen molar-refractivity contribution in [2.45, 2.75) is 26.8 Å². The summed E-state index contributed by atoms with van der Waals surface area (Å²) in [5.41, 5.74) is 9.17. The third kappa shape index (κ3) is 2.89. The highest BCUT2D eigenvalue weighted by Crippen LogP contribution is 2.25. The normalized spacial score (nSPS) is 12.5. The summed E-state index contributed by atoms with van der Waals surface area (Å²) in [7, 11) is 1.73. The number of methoxy groups -OCH3 is 1. The fourth-order valence-electron chi connectivity index (χ4n) is 1.99. The molecule has 2 N–H and O–H groups in total. The highest BCUT2D eigenvalue weighted by atomic mass is 16.5. The van der Waals surface area contributed by atoms with Crippen molar-refractivity contribution in [1.82, 2.24) is 0 Å². The van der Waals surface area contributed by atoms with Crippen molar-refractivity contribution >= 4 is 11.4 Å². The monoisotopic (exact) mass is 222 g/mol. The fraction of sp³-hybridized carbons (Fsp3) is 0.538. The van der Waals surface area contributed by atoms with Crippen LogP contribution in [0.2, 0.25) is 0 Å². The van der Waals surface area contributed by atoms with E-state index in [0.717, 1.165) is 17.9 Å². The van der Waals surface area contributed by atoms with E-state index in [1.807, 2.05) is 6.07 Å².